The molecule has 0 aliphatic rings. The Morgan fingerprint density at radius 1 is 1.82 bits per heavy atom. The maximum Gasteiger partial charge on any atom is 0.136 e. The van der Waals surface area contributed by atoms with Crippen molar-refractivity contribution in [1.29, 1.82) is 0 Å². The van der Waals surface area contributed by atoms with Crippen molar-refractivity contribution in [2.75, 3.05) is 6.26 Å². The highest BCUT2D eigenvalue weighted by atomic mass is 32.2. The van der Waals surface area contributed by atoms with E-state index in [0.29, 0.717) is 0 Å². The largest absolute Gasteiger partial charge is 0.322 e. The lowest BCUT2D eigenvalue weighted by molar-refractivity contribution is -0.109. The molecule has 0 heterocycles. The lowest BCUT2D eigenvalue weighted by Gasteiger charge is -2.14. The smallest absolute Gasteiger partial charge is 0.136 e. The molecule has 0 saturated heterocycles. The molecule has 0 amide bonds. The second-order valence-electron chi connectivity index (χ2n) is 2.64. The molecule has 0 aromatic rings. The van der Waals surface area contributed by atoms with Gasteiger partial charge in [-0.15, -0.1) is 11.8 Å². The van der Waals surface area contributed by atoms with Crippen LogP contribution in [0, 0.1) is 5.92 Å². The number of nitrogens with two attached hydrogens (primary N) is 1. The third-order valence-electron chi connectivity index (χ3n) is 1.65. The van der Waals surface area contributed by atoms with Gasteiger partial charge in [-0.2, -0.15) is 0 Å². The summed E-state index contributed by atoms with van der Waals surface area (Å²) in [6.45, 7) is 5.78. The zero-order chi connectivity index (χ0) is 8.85. The number of hydrogen-bond donors (Lipinski definition) is 1. The van der Waals surface area contributed by atoms with Gasteiger partial charge in [0.05, 0.1) is 6.04 Å². The molecule has 0 spiro atoms. The van der Waals surface area contributed by atoms with Gasteiger partial charge < -0.3 is 10.5 Å². The van der Waals surface area contributed by atoms with E-state index in [2.05, 4.69) is 6.58 Å². The predicted molar refractivity (Wildman–Crippen MR) is 50.5 cm³/mol. The van der Waals surface area contributed by atoms with Crippen molar-refractivity contribution in [2.24, 2.45) is 11.7 Å². The number of carbonyl (C=O) groups excluding carboxylic acids is 1. The zero-order valence-corrected chi connectivity index (χ0v) is 7.86. The molecule has 11 heavy (non-hydrogen) atoms. The number of thioether (sulfide) groups is 1. The zero-order valence-electron chi connectivity index (χ0n) is 7.04. The van der Waals surface area contributed by atoms with E-state index in [1.165, 1.54) is 0 Å². The minimum absolute atomic E-state index is 0.201. The highest BCUT2D eigenvalue weighted by Gasteiger charge is 2.11. The summed E-state index contributed by atoms with van der Waals surface area (Å²) in [5.41, 5.74) is 5.50. The van der Waals surface area contributed by atoms with Gasteiger partial charge >= 0.3 is 0 Å². The van der Waals surface area contributed by atoms with Gasteiger partial charge in [-0.25, -0.2) is 0 Å². The highest BCUT2D eigenvalue weighted by Crippen LogP contribution is 2.19. The van der Waals surface area contributed by atoms with Gasteiger partial charge in [-0.3, -0.25) is 0 Å². The number of allylic oxidation sites excluding steroid dienone is 1. The van der Waals surface area contributed by atoms with Crippen molar-refractivity contribution >= 4 is 18.0 Å². The molecule has 0 saturated carbocycles. The lowest BCUT2D eigenvalue weighted by atomic mass is 10.0. The molecule has 64 valence electrons. The molecule has 0 fully saturated rings. The van der Waals surface area contributed by atoms with Gasteiger partial charge in [0.25, 0.3) is 0 Å². The van der Waals surface area contributed by atoms with E-state index in [1.54, 1.807) is 11.8 Å². The van der Waals surface area contributed by atoms with E-state index in [-0.39, 0.29) is 12.0 Å². The van der Waals surface area contributed by atoms with Crippen molar-refractivity contribution in [3.63, 3.8) is 0 Å². The van der Waals surface area contributed by atoms with E-state index in [0.717, 1.165) is 17.6 Å². The van der Waals surface area contributed by atoms with Gasteiger partial charge in [-0.05, 0) is 23.5 Å². The molecule has 0 radical (unpaired) electrons. The minimum Gasteiger partial charge on any atom is -0.322 e. The number of carbonyl (C=O) groups is 1. The quantitative estimate of drug-likeness (QED) is 0.639. The molecular weight excluding hydrogens is 158 g/mol. The van der Waals surface area contributed by atoms with E-state index in [9.17, 15) is 4.79 Å². The van der Waals surface area contributed by atoms with Crippen LogP contribution in [-0.4, -0.2) is 18.6 Å². The number of hydrogen-bond acceptors (Lipinski definition) is 3. The van der Waals surface area contributed by atoms with Crippen molar-refractivity contribution in [1.82, 2.24) is 0 Å². The van der Waals surface area contributed by atoms with Crippen molar-refractivity contribution in [2.45, 2.75) is 19.4 Å². The molecule has 2 N–H and O–H groups in total. The van der Waals surface area contributed by atoms with Crippen molar-refractivity contribution in [3.8, 4) is 0 Å². The first-order valence-electron chi connectivity index (χ1n) is 3.54. The monoisotopic (exact) mass is 173 g/mol. The third kappa shape index (κ3) is 4.22. The first-order chi connectivity index (χ1) is 5.11. The van der Waals surface area contributed by atoms with Crippen LogP contribution in [0.4, 0.5) is 0 Å². The summed E-state index contributed by atoms with van der Waals surface area (Å²) < 4.78 is 0. The van der Waals surface area contributed by atoms with Gasteiger partial charge in [0.1, 0.15) is 6.29 Å². The van der Waals surface area contributed by atoms with Crippen LogP contribution in [0.5, 0.6) is 0 Å². The number of rotatable bonds is 5. The first-order valence-corrected chi connectivity index (χ1v) is 4.77. The fourth-order valence-electron chi connectivity index (χ4n) is 0.713. The molecule has 2 atom stereocenters. The molecule has 2 nitrogen and oxygen atoms in total. The lowest BCUT2D eigenvalue weighted by Crippen LogP contribution is -2.29. The summed E-state index contributed by atoms with van der Waals surface area (Å²) in [4.78, 5) is 11.3. The summed E-state index contributed by atoms with van der Waals surface area (Å²) >= 11 is 1.62. The molecule has 0 bridgehead atoms. The van der Waals surface area contributed by atoms with Crippen LogP contribution >= 0.6 is 11.8 Å². The van der Waals surface area contributed by atoms with Crippen LogP contribution in [0.1, 0.15) is 13.3 Å². The van der Waals surface area contributed by atoms with Crippen LogP contribution in [0.2, 0.25) is 0 Å². The van der Waals surface area contributed by atoms with Crippen LogP contribution in [-0.2, 0) is 4.79 Å². The van der Waals surface area contributed by atoms with Gasteiger partial charge in [0, 0.05) is 0 Å². The topological polar surface area (TPSA) is 43.1 Å². The molecular formula is C8H15NOS. The number of aldehydes is 1. The van der Waals surface area contributed by atoms with Crippen molar-refractivity contribution < 1.29 is 4.79 Å². The van der Waals surface area contributed by atoms with Crippen LogP contribution in [0.3, 0.4) is 0 Å². The van der Waals surface area contributed by atoms with Gasteiger partial charge in [0.2, 0.25) is 0 Å². The molecule has 0 aliphatic heterocycles. The summed E-state index contributed by atoms with van der Waals surface area (Å²) in [6.07, 6.45) is 3.58. The minimum atomic E-state index is -0.348. The molecule has 3 heteroatoms. The maximum atomic E-state index is 10.3. The Hall–Kier alpha value is -0.280. The van der Waals surface area contributed by atoms with Crippen LogP contribution in [0.15, 0.2) is 11.5 Å². The average molecular weight is 173 g/mol. The Balaban J connectivity index is 3.76. The molecule has 0 rings (SSSR count). The van der Waals surface area contributed by atoms with Gasteiger partial charge in [0.15, 0.2) is 0 Å². The molecule has 0 aromatic heterocycles. The predicted octanol–water partition coefficient (Wildman–Crippen LogP) is 1.42. The van der Waals surface area contributed by atoms with E-state index in [4.69, 9.17) is 5.73 Å². The third-order valence-corrected chi connectivity index (χ3v) is 2.40. The second kappa shape index (κ2) is 5.38. The Kier molecular flexibility index (Phi) is 5.24. The fourth-order valence-corrected chi connectivity index (χ4v) is 1.14. The molecule has 0 aromatic carbocycles. The summed E-state index contributed by atoms with van der Waals surface area (Å²) in [5.74, 6) is 0.201. The Morgan fingerprint density at radius 2 is 2.36 bits per heavy atom. The SMILES string of the molecule is C=C(CC(C)C(N)C=O)SC. The van der Waals surface area contributed by atoms with Crippen LogP contribution in [0.25, 0.3) is 0 Å². The maximum absolute atomic E-state index is 10.3. The average Bonchev–Trinajstić information content (AvgIpc) is 2.02. The Bertz CT molecular complexity index is 147. The van der Waals surface area contributed by atoms with Crippen LogP contribution < -0.4 is 5.73 Å². The fraction of sp³-hybridized carbons (Fsp3) is 0.625. The summed E-state index contributed by atoms with van der Waals surface area (Å²) in [6, 6.07) is -0.348. The van der Waals surface area contributed by atoms with E-state index < -0.39 is 0 Å². The molecule has 2 unspecified atom stereocenters. The summed E-state index contributed by atoms with van der Waals surface area (Å²) in [5, 5.41) is 0. The van der Waals surface area contributed by atoms with E-state index in [1.807, 2.05) is 13.2 Å². The van der Waals surface area contributed by atoms with Crippen molar-refractivity contribution in [3.05, 3.63) is 11.5 Å². The molecule has 0 aliphatic carbocycles. The Labute approximate surface area is 72.2 Å². The Morgan fingerprint density at radius 3 is 2.73 bits per heavy atom. The second-order valence-corrected chi connectivity index (χ2v) is 3.62. The normalized spacial score (nSPS) is 15.5. The summed E-state index contributed by atoms with van der Waals surface area (Å²) in [7, 11) is 0. The first kappa shape index (κ1) is 10.7. The van der Waals surface area contributed by atoms with E-state index >= 15 is 0 Å². The standard InChI is InChI=1S/C8H15NOS/c1-6(8(9)5-10)4-7(2)11-3/h5-6,8H,2,4,9H2,1,3H3. The van der Waals surface area contributed by atoms with Gasteiger partial charge in [-0.1, -0.05) is 13.5 Å². The highest BCUT2D eigenvalue weighted by molar-refractivity contribution is 8.02.